The number of amides is 1. The van der Waals surface area contributed by atoms with Gasteiger partial charge in [-0.05, 0) is 12.5 Å². The van der Waals surface area contributed by atoms with E-state index in [1.807, 2.05) is 18.2 Å². The van der Waals surface area contributed by atoms with Crippen molar-refractivity contribution < 1.29 is 4.79 Å². The summed E-state index contributed by atoms with van der Waals surface area (Å²) in [6.07, 6.45) is 4.39. The molecule has 1 amide bonds. The van der Waals surface area contributed by atoms with Crippen LogP contribution in [0.2, 0.25) is 0 Å². The van der Waals surface area contributed by atoms with Gasteiger partial charge in [-0.1, -0.05) is 42.0 Å². The quantitative estimate of drug-likeness (QED) is 0.864. The lowest BCUT2D eigenvalue weighted by Gasteiger charge is -2.22. The number of rotatable bonds is 2. The molecular formula is C15H15N3O. The van der Waals surface area contributed by atoms with E-state index in [4.69, 9.17) is 0 Å². The Bertz CT molecular complexity index is 628. The number of carbonyl (C=O) groups is 1. The summed E-state index contributed by atoms with van der Waals surface area (Å²) < 4.78 is 0. The largest absolute Gasteiger partial charge is 0.311 e. The molecule has 96 valence electrons. The van der Waals surface area contributed by atoms with Gasteiger partial charge >= 0.3 is 0 Å². The standard InChI is InChI=1S/C15H15N3O/c1-10(7-11-5-3-2-4-6-11)12-8-14(19)17-15-13(12)9-16-18-15/h2-7,9,12H,8H2,1H3,(H2,16,17,18,19)/b10-7+/t12-/m0/s1. The Morgan fingerprint density at radius 3 is 2.95 bits per heavy atom. The van der Waals surface area contributed by atoms with Gasteiger partial charge in [0.2, 0.25) is 5.91 Å². The second-order valence-electron chi connectivity index (χ2n) is 4.80. The van der Waals surface area contributed by atoms with E-state index in [1.54, 1.807) is 6.20 Å². The Balaban J connectivity index is 1.95. The zero-order chi connectivity index (χ0) is 13.2. The number of hydrogen-bond donors (Lipinski definition) is 2. The third-order valence-corrected chi connectivity index (χ3v) is 3.44. The number of benzene rings is 1. The molecule has 0 unspecified atom stereocenters. The molecule has 1 aliphatic rings. The summed E-state index contributed by atoms with van der Waals surface area (Å²) in [4.78, 5) is 11.7. The first kappa shape index (κ1) is 11.7. The average Bonchev–Trinajstić information content (AvgIpc) is 2.86. The number of H-pyrrole nitrogens is 1. The van der Waals surface area contributed by atoms with E-state index in [-0.39, 0.29) is 11.8 Å². The predicted octanol–water partition coefficient (Wildman–Crippen LogP) is 2.94. The van der Waals surface area contributed by atoms with Crippen molar-refractivity contribution in [1.29, 1.82) is 0 Å². The Labute approximate surface area is 111 Å². The fourth-order valence-electron chi connectivity index (χ4n) is 2.46. The van der Waals surface area contributed by atoms with Gasteiger partial charge in [-0.25, -0.2) is 0 Å². The normalized spacial score (nSPS) is 18.9. The third-order valence-electron chi connectivity index (χ3n) is 3.44. The van der Waals surface area contributed by atoms with Crippen LogP contribution in [0.1, 0.15) is 30.4 Å². The van der Waals surface area contributed by atoms with Gasteiger partial charge in [0.05, 0.1) is 6.20 Å². The highest BCUT2D eigenvalue weighted by atomic mass is 16.1. The van der Waals surface area contributed by atoms with Crippen molar-refractivity contribution in [3.8, 4) is 0 Å². The van der Waals surface area contributed by atoms with Crippen molar-refractivity contribution in [2.45, 2.75) is 19.3 Å². The molecule has 0 bridgehead atoms. The predicted molar refractivity (Wildman–Crippen MR) is 74.7 cm³/mol. The Kier molecular flexibility index (Phi) is 2.91. The molecule has 2 aromatic rings. The Hall–Kier alpha value is -2.36. The molecule has 4 heteroatoms. The summed E-state index contributed by atoms with van der Waals surface area (Å²) >= 11 is 0. The maximum absolute atomic E-state index is 11.7. The van der Waals surface area contributed by atoms with Crippen molar-refractivity contribution in [2.75, 3.05) is 5.32 Å². The van der Waals surface area contributed by atoms with Crippen molar-refractivity contribution in [3.05, 3.63) is 53.2 Å². The maximum Gasteiger partial charge on any atom is 0.226 e. The molecule has 2 N–H and O–H groups in total. The van der Waals surface area contributed by atoms with E-state index in [9.17, 15) is 4.79 Å². The number of allylic oxidation sites excluding steroid dienone is 1. The molecule has 1 aromatic carbocycles. The SMILES string of the molecule is C/C(=C\c1ccccc1)[C@@H]1CC(=O)Nc2[nH]ncc21. The summed E-state index contributed by atoms with van der Waals surface area (Å²) in [5, 5.41) is 9.64. The zero-order valence-corrected chi connectivity index (χ0v) is 10.7. The number of aromatic amines is 1. The number of aromatic nitrogens is 2. The smallest absolute Gasteiger partial charge is 0.226 e. The van der Waals surface area contributed by atoms with Crippen LogP contribution in [-0.2, 0) is 4.79 Å². The first-order chi connectivity index (χ1) is 9.24. The number of carbonyl (C=O) groups excluding carboxylic acids is 1. The zero-order valence-electron chi connectivity index (χ0n) is 10.7. The van der Waals surface area contributed by atoms with E-state index in [0.29, 0.717) is 6.42 Å². The molecule has 0 aliphatic carbocycles. The van der Waals surface area contributed by atoms with E-state index >= 15 is 0 Å². The molecule has 1 aliphatic heterocycles. The first-order valence-corrected chi connectivity index (χ1v) is 6.30. The summed E-state index contributed by atoms with van der Waals surface area (Å²) in [6, 6.07) is 10.1. The summed E-state index contributed by atoms with van der Waals surface area (Å²) in [7, 11) is 0. The molecule has 3 rings (SSSR count). The Morgan fingerprint density at radius 1 is 1.37 bits per heavy atom. The highest BCUT2D eigenvalue weighted by Gasteiger charge is 2.27. The molecule has 2 heterocycles. The summed E-state index contributed by atoms with van der Waals surface area (Å²) in [5.74, 6) is 0.854. The fraction of sp³-hybridized carbons (Fsp3) is 0.200. The number of hydrogen-bond acceptors (Lipinski definition) is 2. The summed E-state index contributed by atoms with van der Waals surface area (Å²) in [5.41, 5.74) is 3.38. The molecule has 0 spiro atoms. The van der Waals surface area contributed by atoms with E-state index in [1.165, 1.54) is 5.57 Å². The van der Waals surface area contributed by atoms with Crippen LogP contribution in [0.4, 0.5) is 5.82 Å². The monoisotopic (exact) mass is 253 g/mol. The number of nitrogens with one attached hydrogen (secondary N) is 2. The van der Waals surface area contributed by atoms with Crippen LogP contribution in [-0.4, -0.2) is 16.1 Å². The van der Waals surface area contributed by atoms with Crippen LogP contribution in [0.5, 0.6) is 0 Å². The van der Waals surface area contributed by atoms with Gasteiger partial charge in [-0.3, -0.25) is 9.89 Å². The second kappa shape index (κ2) is 4.72. The minimum Gasteiger partial charge on any atom is -0.311 e. The summed E-state index contributed by atoms with van der Waals surface area (Å²) in [6.45, 7) is 2.06. The maximum atomic E-state index is 11.7. The molecule has 0 fully saturated rings. The van der Waals surface area contributed by atoms with Crippen molar-refractivity contribution in [2.24, 2.45) is 0 Å². The molecule has 0 saturated carbocycles. The molecule has 0 radical (unpaired) electrons. The average molecular weight is 253 g/mol. The first-order valence-electron chi connectivity index (χ1n) is 6.30. The lowest BCUT2D eigenvalue weighted by atomic mass is 9.87. The molecule has 1 atom stereocenters. The van der Waals surface area contributed by atoms with Gasteiger partial charge < -0.3 is 5.32 Å². The highest BCUT2D eigenvalue weighted by molar-refractivity contribution is 5.94. The highest BCUT2D eigenvalue weighted by Crippen LogP contribution is 2.36. The lowest BCUT2D eigenvalue weighted by Crippen LogP contribution is -2.22. The lowest BCUT2D eigenvalue weighted by molar-refractivity contribution is -0.116. The minimum atomic E-state index is 0.0301. The molecule has 0 saturated heterocycles. The molecule has 4 nitrogen and oxygen atoms in total. The van der Waals surface area contributed by atoms with Gasteiger partial charge in [0, 0.05) is 17.9 Å². The van der Waals surface area contributed by atoms with Gasteiger partial charge in [0.15, 0.2) is 0 Å². The van der Waals surface area contributed by atoms with E-state index in [2.05, 4.69) is 40.6 Å². The van der Waals surface area contributed by atoms with E-state index < -0.39 is 0 Å². The number of nitrogens with zero attached hydrogens (tertiary/aromatic N) is 1. The fourth-order valence-corrected chi connectivity index (χ4v) is 2.46. The minimum absolute atomic E-state index is 0.0301. The van der Waals surface area contributed by atoms with Crippen molar-refractivity contribution >= 4 is 17.8 Å². The van der Waals surface area contributed by atoms with Crippen LogP contribution in [0.25, 0.3) is 6.08 Å². The number of anilines is 1. The van der Waals surface area contributed by atoms with Crippen LogP contribution in [0.3, 0.4) is 0 Å². The van der Waals surface area contributed by atoms with Crippen LogP contribution in [0.15, 0.2) is 42.1 Å². The Morgan fingerprint density at radius 2 is 2.16 bits per heavy atom. The van der Waals surface area contributed by atoms with Crippen LogP contribution in [0, 0.1) is 0 Å². The second-order valence-corrected chi connectivity index (χ2v) is 4.80. The topological polar surface area (TPSA) is 57.8 Å². The van der Waals surface area contributed by atoms with Crippen LogP contribution < -0.4 is 5.32 Å². The van der Waals surface area contributed by atoms with Crippen molar-refractivity contribution in [3.63, 3.8) is 0 Å². The molecular weight excluding hydrogens is 238 g/mol. The van der Waals surface area contributed by atoms with Gasteiger partial charge in [-0.2, -0.15) is 5.10 Å². The number of fused-ring (bicyclic) bond motifs is 1. The van der Waals surface area contributed by atoms with Crippen LogP contribution >= 0.6 is 0 Å². The third kappa shape index (κ3) is 2.29. The molecule has 1 aromatic heterocycles. The molecule has 19 heavy (non-hydrogen) atoms. The van der Waals surface area contributed by atoms with Crippen molar-refractivity contribution in [1.82, 2.24) is 10.2 Å². The van der Waals surface area contributed by atoms with Gasteiger partial charge in [-0.15, -0.1) is 0 Å². The van der Waals surface area contributed by atoms with Gasteiger partial charge in [0.25, 0.3) is 0 Å². The van der Waals surface area contributed by atoms with Gasteiger partial charge in [0.1, 0.15) is 5.82 Å². The van der Waals surface area contributed by atoms with E-state index in [0.717, 1.165) is 16.9 Å².